The number of esters is 1. The first-order valence-corrected chi connectivity index (χ1v) is 27.1. The van der Waals surface area contributed by atoms with Gasteiger partial charge in [-0.1, -0.05) is 92.7 Å². The third-order valence-electron chi connectivity index (χ3n) is 15.5. The summed E-state index contributed by atoms with van der Waals surface area (Å²) in [5.41, 5.74) is 19.7. The van der Waals surface area contributed by atoms with E-state index in [1.54, 1.807) is 18.2 Å². The zero-order valence-corrected chi connectivity index (χ0v) is 73.2. The van der Waals surface area contributed by atoms with E-state index < -0.39 is 36.1 Å². The number of dihydropyridines is 1. The number of hydrogen-bond acceptors (Lipinski definition) is 15. The van der Waals surface area contributed by atoms with Crippen LogP contribution in [0.15, 0.2) is 84.0 Å². The Morgan fingerprint density at radius 3 is 1.30 bits per heavy atom. The van der Waals surface area contributed by atoms with Crippen molar-refractivity contribution in [2.24, 2.45) is 5.92 Å². The molecule has 18 nitrogen and oxygen atoms in total. The molecule has 0 saturated heterocycles. The Morgan fingerprint density at radius 1 is 0.544 bits per heavy atom. The molecule has 7 aromatic rings. The second-order valence-electron chi connectivity index (χ2n) is 21.5. The Hall–Kier alpha value is -1.47. The Kier molecular flexibility index (Phi) is 35.9. The van der Waals surface area contributed by atoms with Crippen LogP contribution in [-0.2, 0) is 35.2 Å². The monoisotopic (exact) mass is 1530 g/mol. The van der Waals surface area contributed by atoms with Crippen molar-refractivity contribution in [3.05, 3.63) is 203 Å². The van der Waals surface area contributed by atoms with E-state index in [4.69, 9.17) is 31.3 Å². The average molecular weight is 1530 g/mol. The summed E-state index contributed by atoms with van der Waals surface area (Å²) in [6.45, 7) is 16.1. The van der Waals surface area contributed by atoms with Crippen molar-refractivity contribution in [1.29, 1.82) is 0 Å². The number of carboxylic acids is 3. The standard InChI is InChI=1S/C17H16NO3.C17H18NO3.C16H13ClNO2.C16H13FNO2.4H2O.4Rb/c1-9-4-5-11-7-10(2)12-8-14(17(19)20)16(21-3)18-15(12)13(11)6-9;1-9-4-5-11-7-10(2)12-8-14(17(20)21-3)16(19)18-15(12)13(11)6-9;2*1-8-3-4-10-6-9(2)11-7-13(16(19)20)15(17)18-14(11)12(10)5-8;;;;;;;;/h5-6,8,10H,7H2,1-3H3,(H,19,20);5-6,8,10,16,18-19H,7H2,1-3H3;2*4-5,7,9H,6H2,1-2H3,(H,19,20);4*1H2;;;;/q4*-1;;;;;4*+1/p-4. The largest absolute Gasteiger partial charge is 1.00 e. The summed E-state index contributed by atoms with van der Waals surface area (Å²) in [6, 6.07) is 33.5. The summed E-state index contributed by atoms with van der Waals surface area (Å²) in [6.07, 6.45) is 4.13. The third-order valence-corrected chi connectivity index (χ3v) is 15.8. The summed E-state index contributed by atoms with van der Waals surface area (Å²) in [5, 5.41) is 40.7. The van der Waals surface area contributed by atoms with Crippen LogP contribution < -0.4 is 243 Å². The van der Waals surface area contributed by atoms with E-state index in [1.165, 1.54) is 37.0 Å². The number of aliphatic hydroxyl groups excluding tert-OH is 1. The summed E-state index contributed by atoms with van der Waals surface area (Å²) >= 11 is 6.01. The molecular formula is C66H64ClFN4O14Rb4-4. The van der Waals surface area contributed by atoms with Crippen LogP contribution >= 0.6 is 11.6 Å². The maximum absolute atomic E-state index is 13.9. The predicted octanol–water partition coefficient (Wildman–Crippen LogP) is -0.526. The van der Waals surface area contributed by atoms with E-state index in [0.717, 1.165) is 115 Å². The number of carbonyl (C=O) groups excluding carboxylic acids is 1. The normalized spacial score (nSPS) is 16.6. The second kappa shape index (κ2) is 37.3. The second-order valence-corrected chi connectivity index (χ2v) is 21.9. The number of allylic oxidation sites excluding steroid dienone is 2. The van der Waals surface area contributed by atoms with E-state index in [-0.39, 0.29) is 312 Å². The van der Waals surface area contributed by atoms with Crippen molar-refractivity contribution in [2.75, 3.05) is 14.2 Å². The van der Waals surface area contributed by atoms with Gasteiger partial charge in [-0.15, -0.1) is 44.5 Å². The molecule has 24 heteroatoms. The van der Waals surface area contributed by atoms with Gasteiger partial charge in [0.05, 0.1) is 42.4 Å². The molecular weight excluding hydrogens is 1470 g/mol. The minimum atomic E-state index is -1.28. The smallest absolute Gasteiger partial charge is 0.870 e. The molecule has 5 aliphatic rings. The summed E-state index contributed by atoms with van der Waals surface area (Å²) in [4.78, 5) is 58.0. The van der Waals surface area contributed by atoms with Gasteiger partial charge in [0.1, 0.15) is 16.3 Å². The van der Waals surface area contributed by atoms with Crippen LogP contribution in [0.25, 0.3) is 39.5 Å². The van der Waals surface area contributed by atoms with E-state index in [1.807, 2.05) is 77.1 Å². The minimum absolute atomic E-state index is 0. The third kappa shape index (κ3) is 19.0. The maximum atomic E-state index is 13.9. The summed E-state index contributed by atoms with van der Waals surface area (Å²) in [5.74, 6) is -3.79. The zero-order chi connectivity index (χ0) is 59.2. The molecule has 0 saturated carbocycles. The molecule has 4 aromatic carbocycles. The molecule has 12 rings (SSSR count). The Morgan fingerprint density at radius 2 is 0.900 bits per heavy atom. The molecule has 4 heterocycles. The van der Waals surface area contributed by atoms with Gasteiger partial charge in [-0.2, -0.15) is 99.4 Å². The van der Waals surface area contributed by atoms with E-state index >= 15 is 0 Å². The SMILES string of the molecule is COC(=O)C1=CC2=C(NC1O)c1cc(C)[c-]cc1CC2C.COc1nc2c(cc1C(=O)O)C(C)Cc1c[c-]c(C)cc1-2.Cc1[c-]cc2c(c1)-c1nc(Cl)c(C(=O)O)cc1C(C)C2.Cc1[c-]cc2c(c1)-c1nc(F)c(C(=O)O)cc1C(C)C2.[OH-].[OH-].[OH-].[OH-].[Rb+].[Rb+].[Rb+].[Rb+]. The van der Waals surface area contributed by atoms with Gasteiger partial charge in [0, 0.05) is 5.70 Å². The number of benzene rings is 4. The number of pyridine rings is 3. The van der Waals surface area contributed by atoms with Gasteiger partial charge in [0.15, 0.2) is 6.23 Å². The first-order valence-electron chi connectivity index (χ1n) is 26.7. The van der Waals surface area contributed by atoms with Crippen molar-refractivity contribution >= 4 is 41.2 Å². The van der Waals surface area contributed by atoms with E-state index in [9.17, 15) is 33.8 Å². The van der Waals surface area contributed by atoms with Crippen LogP contribution in [0.2, 0.25) is 5.15 Å². The zero-order valence-electron chi connectivity index (χ0n) is 52.8. The molecule has 5 unspecified atom stereocenters. The molecule has 0 bridgehead atoms. The minimum Gasteiger partial charge on any atom is -0.870 e. The van der Waals surface area contributed by atoms with Crippen molar-refractivity contribution < 1.29 is 308 Å². The van der Waals surface area contributed by atoms with E-state index in [2.05, 4.69) is 71.4 Å². The number of aliphatic hydroxyl groups is 1. The molecule has 3 aromatic heterocycles. The quantitative estimate of drug-likeness (QED) is 0.0822. The van der Waals surface area contributed by atoms with E-state index in [0.29, 0.717) is 5.69 Å². The molecule has 0 amide bonds. The van der Waals surface area contributed by atoms with Gasteiger partial charge in [-0.3, -0.25) is 0 Å². The van der Waals surface area contributed by atoms with Crippen LogP contribution in [0.1, 0.15) is 143 Å². The first-order chi connectivity index (χ1) is 39.0. The number of methoxy groups -OCH3 is 2. The molecule has 5 atom stereocenters. The van der Waals surface area contributed by atoms with Gasteiger partial charge in [-0.05, 0) is 70.2 Å². The van der Waals surface area contributed by atoms with Gasteiger partial charge in [0.25, 0.3) is 0 Å². The Balaban J connectivity index is 0.000000583. The van der Waals surface area contributed by atoms with Gasteiger partial charge < -0.3 is 57.1 Å². The first kappa shape index (κ1) is 86.5. The molecule has 0 fully saturated rings. The van der Waals surface area contributed by atoms with Crippen LogP contribution in [0, 0.1) is 63.8 Å². The van der Waals surface area contributed by atoms with Crippen LogP contribution in [0.3, 0.4) is 0 Å². The number of fused-ring (bicyclic) bond motifs is 11. The summed E-state index contributed by atoms with van der Waals surface area (Å²) in [7, 11) is 2.76. The number of aromatic carboxylic acids is 3. The van der Waals surface area contributed by atoms with Crippen molar-refractivity contribution in [3.8, 4) is 39.7 Å². The fraction of sp³-hybridized carbons (Fsp3) is 0.288. The molecule has 4 aliphatic carbocycles. The number of aryl methyl sites for hydroxylation is 4. The maximum Gasteiger partial charge on any atom is 1.00 e. The Labute approximate surface area is 723 Å². The van der Waals surface area contributed by atoms with Crippen LogP contribution in [0.5, 0.6) is 5.88 Å². The number of nitrogens with zero attached hydrogens (tertiary/aromatic N) is 3. The number of carbonyl (C=O) groups is 4. The number of rotatable bonds is 5. The topological polar surface area (TPSA) is 338 Å². The van der Waals surface area contributed by atoms with Gasteiger partial charge >= 0.3 is 257 Å². The van der Waals surface area contributed by atoms with Crippen molar-refractivity contribution in [2.45, 2.75) is 105 Å². The van der Waals surface area contributed by atoms with Crippen LogP contribution in [-0.4, -0.2) is 102 Å². The van der Waals surface area contributed by atoms with Crippen molar-refractivity contribution in [3.63, 3.8) is 0 Å². The molecule has 0 spiro atoms. The molecule has 0 radical (unpaired) electrons. The number of nitrogens with one attached hydrogen (secondary N) is 1. The molecule has 1 aliphatic heterocycles. The Bertz CT molecular complexity index is 3760. The number of ether oxygens (including phenoxy) is 2. The molecule has 90 heavy (non-hydrogen) atoms. The summed E-state index contributed by atoms with van der Waals surface area (Å²) < 4.78 is 23.7. The number of carboxylic acid groups (broad SMARTS) is 3. The number of aromatic nitrogens is 3. The number of halogens is 2. The van der Waals surface area contributed by atoms with Gasteiger partial charge in [-0.25, -0.2) is 34.1 Å². The van der Waals surface area contributed by atoms with Crippen molar-refractivity contribution in [1.82, 2.24) is 20.3 Å². The fourth-order valence-electron chi connectivity index (χ4n) is 11.3. The number of hydrogen-bond donors (Lipinski definition) is 5. The predicted molar refractivity (Wildman–Crippen MR) is 315 cm³/mol. The van der Waals surface area contributed by atoms with Crippen LogP contribution in [0.4, 0.5) is 4.39 Å². The fourth-order valence-corrected chi connectivity index (χ4v) is 11.5. The average Bonchev–Trinajstić information content (AvgIpc) is 0.796. The molecule has 9 N–H and O–H groups in total. The molecule has 454 valence electrons. The van der Waals surface area contributed by atoms with Gasteiger partial charge in [0.2, 0.25) is 11.8 Å².